The number of carbonyl (C=O) groups excluding carboxylic acids is 2. The van der Waals surface area contributed by atoms with Gasteiger partial charge in [-0.3, -0.25) is 4.79 Å². The lowest BCUT2D eigenvalue weighted by Crippen LogP contribution is -2.45. The molecule has 0 atom stereocenters. The van der Waals surface area contributed by atoms with Crippen LogP contribution < -0.4 is 20.1 Å². The fourth-order valence-corrected chi connectivity index (χ4v) is 3.96. The van der Waals surface area contributed by atoms with E-state index in [0.29, 0.717) is 43.5 Å². The maximum absolute atomic E-state index is 12.6. The molecule has 30 heavy (non-hydrogen) atoms. The molecule has 1 aromatic heterocycles. The van der Waals surface area contributed by atoms with Crippen molar-refractivity contribution in [2.24, 2.45) is 0 Å². The van der Waals surface area contributed by atoms with Crippen LogP contribution in [0.3, 0.4) is 0 Å². The van der Waals surface area contributed by atoms with Crippen molar-refractivity contribution in [1.29, 1.82) is 0 Å². The van der Waals surface area contributed by atoms with Crippen LogP contribution in [-0.4, -0.2) is 48.1 Å². The Hall–Kier alpha value is -3.68. The molecule has 0 saturated heterocycles. The zero-order valence-corrected chi connectivity index (χ0v) is 16.4. The predicted molar refractivity (Wildman–Crippen MR) is 112 cm³/mol. The molecule has 5 rings (SSSR count). The molecule has 0 spiro atoms. The number of fused-ring (bicyclic) bond motifs is 4. The minimum atomic E-state index is -0.302. The summed E-state index contributed by atoms with van der Waals surface area (Å²) in [5.74, 6) is 0.961. The summed E-state index contributed by atoms with van der Waals surface area (Å²) in [6.45, 7) is 2.00. The second kappa shape index (κ2) is 7.62. The van der Waals surface area contributed by atoms with Gasteiger partial charge < -0.3 is 30.0 Å². The number of anilines is 1. The van der Waals surface area contributed by atoms with Crippen molar-refractivity contribution in [2.45, 2.75) is 13.0 Å². The second-order valence-corrected chi connectivity index (χ2v) is 7.36. The minimum absolute atomic E-state index is 0.108. The van der Waals surface area contributed by atoms with Crippen LogP contribution in [0.4, 0.5) is 10.5 Å². The molecule has 8 nitrogen and oxygen atoms in total. The van der Waals surface area contributed by atoms with Crippen LogP contribution in [0.1, 0.15) is 11.3 Å². The molecule has 0 bridgehead atoms. The summed E-state index contributed by atoms with van der Waals surface area (Å²) in [4.78, 5) is 29.9. The summed E-state index contributed by atoms with van der Waals surface area (Å²) < 4.78 is 11.0. The Balaban J connectivity index is 1.17. The van der Waals surface area contributed by atoms with E-state index >= 15 is 0 Å². The lowest BCUT2D eigenvalue weighted by atomic mass is 10.0. The highest BCUT2D eigenvalue weighted by atomic mass is 16.6. The van der Waals surface area contributed by atoms with Gasteiger partial charge in [-0.25, -0.2) is 4.79 Å². The first-order chi connectivity index (χ1) is 14.7. The van der Waals surface area contributed by atoms with E-state index in [9.17, 15) is 9.59 Å². The first kappa shape index (κ1) is 18.4. The van der Waals surface area contributed by atoms with E-state index < -0.39 is 0 Å². The van der Waals surface area contributed by atoms with E-state index in [1.165, 1.54) is 10.9 Å². The van der Waals surface area contributed by atoms with E-state index in [1.807, 2.05) is 18.2 Å². The molecule has 3 aromatic rings. The van der Waals surface area contributed by atoms with E-state index in [4.69, 9.17) is 9.47 Å². The Morgan fingerprint density at radius 1 is 1.07 bits per heavy atom. The highest BCUT2D eigenvalue weighted by molar-refractivity contribution is 5.94. The number of amides is 3. The van der Waals surface area contributed by atoms with Gasteiger partial charge in [0.2, 0.25) is 5.91 Å². The molecule has 0 saturated carbocycles. The Morgan fingerprint density at radius 2 is 1.90 bits per heavy atom. The largest absolute Gasteiger partial charge is 0.486 e. The number of benzene rings is 2. The van der Waals surface area contributed by atoms with Crippen LogP contribution in [0.15, 0.2) is 42.5 Å². The van der Waals surface area contributed by atoms with Gasteiger partial charge in [0.1, 0.15) is 13.2 Å². The van der Waals surface area contributed by atoms with Crippen LogP contribution in [-0.2, 0) is 17.8 Å². The van der Waals surface area contributed by atoms with Crippen LogP contribution in [0.25, 0.3) is 10.9 Å². The van der Waals surface area contributed by atoms with Crippen molar-refractivity contribution in [3.05, 3.63) is 53.7 Å². The Bertz CT molecular complexity index is 1120. The third kappa shape index (κ3) is 3.52. The summed E-state index contributed by atoms with van der Waals surface area (Å²) in [7, 11) is 0. The number of nitrogens with one attached hydrogen (secondary N) is 3. The normalized spacial score (nSPS) is 14.9. The van der Waals surface area contributed by atoms with Crippen molar-refractivity contribution in [3.63, 3.8) is 0 Å². The average molecular weight is 406 g/mol. The van der Waals surface area contributed by atoms with Crippen molar-refractivity contribution in [2.75, 3.05) is 31.6 Å². The number of urea groups is 1. The Labute approximate surface area is 173 Å². The highest BCUT2D eigenvalue weighted by Gasteiger charge is 2.24. The average Bonchev–Trinajstić information content (AvgIpc) is 3.15. The van der Waals surface area contributed by atoms with Gasteiger partial charge in [0.25, 0.3) is 0 Å². The lowest BCUT2D eigenvalue weighted by Gasteiger charge is -2.27. The molecular formula is C22H22N4O4. The summed E-state index contributed by atoms with van der Waals surface area (Å²) in [6.07, 6.45) is 0.788. The molecule has 2 aliphatic heterocycles. The number of ether oxygens (including phenoxy) is 2. The number of rotatable bonds is 3. The number of hydrogen-bond donors (Lipinski definition) is 3. The Morgan fingerprint density at radius 3 is 2.80 bits per heavy atom. The fraction of sp³-hybridized carbons (Fsp3) is 0.273. The molecule has 2 aromatic carbocycles. The molecular weight excluding hydrogens is 384 g/mol. The number of aromatic amines is 1. The van der Waals surface area contributed by atoms with Gasteiger partial charge in [0, 0.05) is 34.9 Å². The predicted octanol–water partition coefficient (Wildman–Crippen LogP) is 2.65. The quantitative estimate of drug-likeness (QED) is 0.623. The van der Waals surface area contributed by atoms with Crippen LogP contribution in [0.2, 0.25) is 0 Å². The third-order valence-corrected chi connectivity index (χ3v) is 5.40. The molecule has 0 unspecified atom stereocenters. The van der Waals surface area contributed by atoms with Crippen LogP contribution >= 0.6 is 0 Å². The van der Waals surface area contributed by atoms with Gasteiger partial charge in [-0.2, -0.15) is 0 Å². The van der Waals surface area contributed by atoms with Crippen molar-refractivity contribution in [3.8, 4) is 11.5 Å². The highest BCUT2D eigenvalue weighted by Crippen LogP contribution is 2.32. The summed E-state index contributed by atoms with van der Waals surface area (Å²) in [5, 5.41) is 6.69. The molecule has 3 N–H and O–H groups in total. The zero-order valence-electron chi connectivity index (χ0n) is 16.4. The van der Waals surface area contributed by atoms with Crippen molar-refractivity contribution in [1.82, 2.24) is 15.2 Å². The molecule has 8 heteroatoms. The SMILES string of the molecule is O=C(CNC(=O)N1CCc2c([nH]c3ccccc23)C1)Nc1ccc2c(c1)OCCO2. The molecule has 0 radical (unpaired) electrons. The van der Waals surface area contributed by atoms with E-state index in [1.54, 1.807) is 23.1 Å². The van der Waals surface area contributed by atoms with Gasteiger partial charge in [0.15, 0.2) is 11.5 Å². The third-order valence-electron chi connectivity index (χ3n) is 5.40. The number of H-pyrrole nitrogens is 1. The summed E-state index contributed by atoms with van der Waals surface area (Å²) in [5.41, 5.74) is 4.01. The maximum Gasteiger partial charge on any atom is 0.318 e. The first-order valence-corrected chi connectivity index (χ1v) is 9.98. The molecule has 3 heterocycles. The monoisotopic (exact) mass is 406 g/mol. The van der Waals surface area contributed by atoms with Gasteiger partial charge >= 0.3 is 6.03 Å². The van der Waals surface area contributed by atoms with E-state index in [2.05, 4.69) is 21.7 Å². The molecule has 154 valence electrons. The number of para-hydroxylation sites is 1. The van der Waals surface area contributed by atoms with Gasteiger partial charge in [-0.15, -0.1) is 0 Å². The standard InChI is InChI=1S/C22H22N4O4/c27-21(24-14-5-6-19-20(11-14)30-10-9-29-19)12-23-22(28)26-8-7-16-15-3-1-2-4-17(15)25-18(16)13-26/h1-6,11,25H,7-10,12-13H2,(H,23,28)(H,24,27). The lowest BCUT2D eigenvalue weighted by molar-refractivity contribution is -0.115. The zero-order chi connectivity index (χ0) is 20.5. The fourth-order valence-electron chi connectivity index (χ4n) is 3.96. The number of carbonyl (C=O) groups is 2. The number of nitrogens with zero attached hydrogens (tertiary/aromatic N) is 1. The van der Waals surface area contributed by atoms with Crippen molar-refractivity contribution < 1.29 is 19.1 Å². The van der Waals surface area contributed by atoms with Gasteiger partial charge in [-0.1, -0.05) is 18.2 Å². The first-order valence-electron chi connectivity index (χ1n) is 9.98. The summed E-state index contributed by atoms with van der Waals surface area (Å²) in [6, 6.07) is 13.1. The molecule has 2 aliphatic rings. The molecule has 0 aliphatic carbocycles. The van der Waals surface area contributed by atoms with E-state index in [-0.39, 0.29) is 18.5 Å². The Kier molecular flexibility index (Phi) is 4.66. The van der Waals surface area contributed by atoms with E-state index in [0.717, 1.165) is 17.6 Å². The topological polar surface area (TPSA) is 95.7 Å². The number of hydrogen-bond acceptors (Lipinski definition) is 4. The second-order valence-electron chi connectivity index (χ2n) is 7.36. The van der Waals surface area contributed by atoms with Crippen LogP contribution in [0.5, 0.6) is 11.5 Å². The summed E-state index contributed by atoms with van der Waals surface area (Å²) >= 11 is 0. The molecule has 0 fully saturated rings. The molecule has 3 amide bonds. The smallest absolute Gasteiger partial charge is 0.318 e. The maximum atomic E-state index is 12.6. The van der Waals surface area contributed by atoms with Gasteiger partial charge in [0.05, 0.1) is 13.1 Å². The van der Waals surface area contributed by atoms with Crippen molar-refractivity contribution >= 4 is 28.5 Å². The van der Waals surface area contributed by atoms with Gasteiger partial charge in [-0.05, 0) is 30.2 Å². The number of aromatic nitrogens is 1. The minimum Gasteiger partial charge on any atom is -0.486 e. The van der Waals surface area contributed by atoms with Crippen LogP contribution in [0, 0.1) is 0 Å².